The van der Waals surface area contributed by atoms with Crippen LogP contribution < -0.4 is 10.2 Å². The maximum absolute atomic E-state index is 12.2. The van der Waals surface area contributed by atoms with Crippen molar-refractivity contribution in [1.29, 1.82) is 0 Å². The minimum absolute atomic E-state index is 0.0158. The van der Waals surface area contributed by atoms with Crippen LogP contribution in [0.15, 0.2) is 40.2 Å². The number of carbonyl (C=O) groups excluding carboxylic acids is 1. The summed E-state index contributed by atoms with van der Waals surface area (Å²) in [5.74, 6) is 0.0158. The number of carbonyl (C=O) groups is 1. The molecule has 2 aromatic rings. The summed E-state index contributed by atoms with van der Waals surface area (Å²) in [6.07, 6.45) is 2.54. The van der Waals surface area contributed by atoms with Crippen molar-refractivity contribution >= 4 is 44.5 Å². The van der Waals surface area contributed by atoms with E-state index in [-0.39, 0.29) is 5.91 Å². The van der Waals surface area contributed by atoms with Gasteiger partial charge in [-0.25, -0.2) is 0 Å². The Hall–Kier alpha value is -1.37. The van der Waals surface area contributed by atoms with Crippen LogP contribution in [0.5, 0.6) is 0 Å². The number of likely N-dealkylation sites (N-methyl/N-ethyl adjacent to an activating group) is 1. The summed E-state index contributed by atoms with van der Waals surface area (Å²) in [7, 11) is 1.96. The van der Waals surface area contributed by atoms with E-state index in [0.717, 1.165) is 29.1 Å². The summed E-state index contributed by atoms with van der Waals surface area (Å²) in [6.45, 7) is 3.42. The number of nitrogens with one attached hydrogen (secondary N) is 1. The standard InChI is InChI=1S/C18H22BrN3OS/c1-21(12-16-8-9-17(19)24-16)13-18(23)20-14-4-6-15(7-5-14)22-10-2-3-11-22/h4-9H,2-3,10-13H2,1H3,(H,20,23). The molecule has 1 fully saturated rings. The van der Waals surface area contributed by atoms with Gasteiger partial charge >= 0.3 is 0 Å². The smallest absolute Gasteiger partial charge is 0.238 e. The first-order valence-corrected chi connectivity index (χ1v) is 9.79. The van der Waals surface area contributed by atoms with Crippen molar-refractivity contribution in [3.63, 3.8) is 0 Å². The number of thiophene rings is 1. The number of halogens is 1. The van der Waals surface area contributed by atoms with Gasteiger partial charge in [0.15, 0.2) is 0 Å². The Morgan fingerprint density at radius 2 is 1.92 bits per heavy atom. The molecular weight excluding hydrogens is 386 g/mol. The van der Waals surface area contributed by atoms with Gasteiger partial charge in [-0.15, -0.1) is 11.3 Å². The molecule has 1 aliphatic rings. The summed E-state index contributed by atoms with van der Waals surface area (Å²) in [4.78, 5) is 17.8. The number of amides is 1. The predicted octanol–water partition coefficient (Wildman–Crippen LogP) is 4.18. The molecule has 128 valence electrons. The van der Waals surface area contributed by atoms with Crippen LogP contribution in [0.3, 0.4) is 0 Å². The molecule has 2 heterocycles. The third-order valence-corrected chi connectivity index (χ3v) is 5.70. The van der Waals surface area contributed by atoms with Crippen molar-refractivity contribution in [3.05, 3.63) is 45.1 Å². The van der Waals surface area contributed by atoms with Crippen LogP contribution in [0.25, 0.3) is 0 Å². The van der Waals surface area contributed by atoms with Gasteiger partial charge in [-0.1, -0.05) is 0 Å². The van der Waals surface area contributed by atoms with Crippen LogP contribution in [-0.2, 0) is 11.3 Å². The van der Waals surface area contributed by atoms with Crippen LogP contribution in [0, 0.1) is 0 Å². The van der Waals surface area contributed by atoms with E-state index in [0.29, 0.717) is 6.54 Å². The summed E-state index contributed by atoms with van der Waals surface area (Å²) in [5, 5.41) is 2.98. The lowest BCUT2D eigenvalue weighted by Gasteiger charge is -2.18. The van der Waals surface area contributed by atoms with E-state index in [1.54, 1.807) is 11.3 Å². The van der Waals surface area contributed by atoms with Gasteiger partial charge in [0, 0.05) is 35.9 Å². The lowest BCUT2D eigenvalue weighted by Crippen LogP contribution is -2.29. The fraction of sp³-hybridized carbons (Fsp3) is 0.389. The molecule has 3 rings (SSSR count). The molecule has 1 amide bonds. The van der Waals surface area contributed by atoms with Crippen LogP contribution in [0.2, 0.25) is 0 Å². The molecule has 0 unspecified atom stereocenters. The first-order chi connectivity index (χ1) is 11.6. The second-order valence-corrected chi connectivity index (χ2v) is 8.71. The van der Waals surface area contributed by atoms with Gasteiger partial charge in [-0.3, -0.25) is 9.69 Å². The highest BCUT2D eigenvalue weighted by Crippen LogP contribution is 2.23. The second-order valence-electron chi connectivity index (χ2n) is 6.17. The third-order valence-electron chi connectivity index (χ3n) is 4.09. The average molecular weight is 408 g/mol. The molecule has 6 heteroatoms. The normalized spacial score (nSPS) is 14.4. The van der Waals surface area contributed by atoms with Crippen molar-refractivity contribution in [2.75, 3.05) is 36.9 Å². The van der Waals surface area contributed by atoms with E-state index < -0.39 is 0 Å². The minimum atomic E-state index is 0.0158. The number of hydrogen-bond acceptors (Lipinski definition) is 4. The first-order valence-electron chi connectivity index (χ1n) is 8.18. The molecule has 0 atom stereocenters. The number of anilines is 2. The van der Waals surface area contributed by atoms with Crippen LogP contribution in [0.4, 0.5) is 11.4 Å². The number of hydrogen-bond donors (Lipinski definition) is 1. The lowest BCUT2D eigenvalue weighted by atomic mass is 10.2. The monoisotopic (exact) mass is 407 g/mol. The quantitative estimate of drug-likeness (QED) is 0.779. The van der Waals surface area contributed by atoms with E-state index >= 15 is 0 Å². The minimum Gasteiger partial charge on any atom is -0.372 e. The number of rotatable bonds is 6. The summed E-state index contributed by atoms with van der Waals surface area (Å²) in [6, 6.07) is 12.3. The van der Waals surface area contributed by atoms with Crippen LogP contribution >= 0.6 is 27.3 Å². The second kappa shape index (κ2) is 8.14. The van der Waals surface area contributed by atoms with Gasteiger partial charge in [-0.2, -0.15) is 0 Å². The van der Waals surface area contributed by atoms with Crippen LogP contribution in [0.1, 0.15) is 17.7 Å². The van der Waals surface area contributed by atoms with E-state index in [2.05, 4.69) is 44.3 Å². The molecule has 0 radical (unpaired) electrons. The maximum atomic E-state index is 12.2. The summed E-state index contributed by atoms with van der Waals surface area (Å²) >= 11 is 5.16. The molecule has 1 saturated heterocycles. The molecule has 24 heavy (non-hydrogen) atoms. The number of benzene rings is 1. The fourth-order valence-corrected chi connectivity index (χ4v) is 4.50. The van der Waals surface area contributed by atoms with Crippen molar-refractivity contribution in [1.82, 2.24) is 4.90 Å². The van der Waals surface area contributed by atoms with Gasteiger partial charge in [0.25, 0.3) is 0 Å². The van der Waals surface area contributed by atoms with E-state index in [4.69, 9.17) is 0 Å². The van der Waals surface area contributed by atoms with Gasteiger partial charge in [0.05, 0.1) is 10.3 Å². The highest BCUT2D eigenvalue weighted by Gasteiger charge is 2.12. The van der Waals surface area contributed by atoms with E-state index in [1.807, 2.05) is 30.1 Å². The topological polar surface area (TPSA) is 35.6 Å². The zero-order valence-electron chi connectivity index (χ0n) is 13.8. The molecule has 0 aliphatic carbocycles. The molecule has 4 nitrogen and oxygen atoms in total. The summed E-state index contributed by atoms with van der Waals surface area (Å²) < 4.78 is 1.12. The average Bonchev–Trinajstić information content (AvgIpc) is 3.20. The largest absolute Gasteiger partial charge is 0.372 e. The molecule has 1 aliphatic heterocycles. The Bertz CT molecular complexity index is 680. The van der Waals surface area contributed by atoms with Crippen molar-refractivity contribution in [3.8, 4) is 0 Å². The SMILES string of the molecule is CN(CC(=O)Nc1ccc(N2CCCC2)cc1)Cc1ccc(Br)s1. The first kappa shape index (κ1) is 17.5. The highest BCUT2D eigenvalue weighted by atomic mass is 79.9. The third kappa shape index (κ3) is 4.82. The lowest BCUT2D eigenvalue weighted by molar-refractivity contribution is -0.117. The fourth-order valence-electron chi connectivity index (χ4n) is 2.94. The van der Waals surface area contributed by atoms with Crippen LogP contribution in [-0.4, -0.2) is 37.5 Å². The molecule has 0 bridgehead atoms. The zero-order chi connectivity index (χ0) is 16.9. The van der Waals surface area contributed by atoms with Gasteiger partial charge in [0.1, 0.15) is 0 Å². The van der Waals surface area contributed by atoms with Crippen molar-refractivity contribution in [2.45, 2.75) is 19.4 Å². The highest BCUT2D eigenvalue weighted by molar-refractivity contribution is 9.11. The van der Waals surface area contributed by atoms with Gasteiger partial charge < -0.3 is 10.2 Å². The Balaban J connectivity index is 1.48. The number of nitrogens with zero attached hydrogens (tertiary/aromatic N) is 2. The van der Waals surface area contributed by atoms with E-state index in [1.165, 1.54) is 23.4 Å². The van der Waals surface area contributed by atoms with Crippen molar-refractivity contribution < 1.29 is 4.79 Å². The molecule has 0 spiro atoms. The Kier molecular flexibility index (Phi) is 5.92. The van der Waals surface area contributed by atoms with Gasteiger partial charge in [-0.05, 0) is 72.2 Å². The van der Waals surface area contributed by atoms with E-state index in [9.17, 15) is 4.79 Å². The maximum Gasteiger partial charge on any atom is 0.238 e. The molecule has 1 aromatic heterocycles. The molecule has 1 N–H and O–H groups in total. The predicted molar refractivity (Wildman–Crippen MR) is 105 cm³/mol. The Morgan fingerprint density at radius 1 is 1.21 bits per heavy atom. The Morgan fingerprint density at radius 3 is 2.54 bits per heavy atom. The molecule has 0 saturated carbocycles. The zero-order valence-corrected chi connectivity index (χ0v) is 16.2. The molecule has 1 aromatic carbocycles. The molecular formula is C18H22BrN3OS. The Labute approximate surface area is 155 Å². The van der Waals surface area contributed by atoms with Crippen molar-refractivity contribution in [2.24, 2.45) is 0 Å². The van der Waals surface area contributed by atoms with Gasteiger partial charge in [0.2, 0.25) is 5.91 Å². The summed E-state index contributed by atoms with van der Waals surface area (Å²) in [5.41, 5.74) is 2.10.